The minimum atomic E-state index is -0.490. The van der Waals surface area contributed by atoms with E-state index in [1.807, 2.05) is 36.4 Å². The molecule has 1 aliphatic heterocycles. The van der Waals surface area contributed by atoms with E-state index in [2.05, 4.69) is 64.0 Å². The number of benzene rings is 2. The highest BCUT2D eigenvalue weighted by Gasteiger charge is 2.24. The number of hydrogen-bond donors (Lipinski definition) is 0. The summed E-state index contributed by atoms with van der Waals surface area (Å²) in [6.07, 6.45) is 1.68. The number of carbonyl (C=O) groups excluding carboxylic acids is 2. The second kappa shape index (κ2) is 10.6. The van der Waals surface area contributed by atoms with Crippen molar-refractivity contribution in [3.05, 3.63) is 65.9 Å². The summed E-state index contributed by atoms with van der Waals surface area (Å²) in [5.41, 5.74) is 2.98. The lowest BCUT2D eigenvalue weighted by Crippen LogP contribution is -2.15. The third-order valence-electron chi connectivity index (χ3n) is 4.41. The molecule has 0 unspecified atom stereocenters. The van der Waals surface area contributed by atoms with E-state index in [1.54, 1.807) is 13.0 Å². The van der Waals surface area contributed by atoms with Gasteiger partial charge in [0, 0.05) is 5.56 Å². The van der Waals surface area contributed by atoms with Crippen LogP contribution in [0.4, 0.5) is 0 Å². The highest BCUT2D eigenvalue weighted by atomic mass is 127. The lowest BCUT2D eigenvalue weighted by atomic mass is 10.0. The van der Waals surface area contributed by atoms with Crippen molar-refractivity contribution in [1.29, 1.82) is 0 Å². The Bertz CT molecular complexity index is 1040. The summed E-state index contributed by atoms with van der Waals surface area (Å²) in [4.78, 5) is 28.3. The molecule has 6 nitrogen and oxygen atoms in total. The van der Waals surface area contributed by atoms with Gasteiger partial charge in [0.1, 0.15) is 5.75 Å². The first-order chi connectivity index (χ1) is 14.8. The Morgan fingerprint density at radius 3 is 2.39 bits per heavy atom. The SMILES string of the molecule is CCOC(=O)COc1c(I)cc(C=C2N=C(c3ccc(C(C)C)cc3)OC2=O)cc1I. The van der Waals surface area contributed by atoms with Crippen molar-refractivity contribution in [3.8, 4) is 5.75 Å². The fraction of sp³-hybridized carbons (Fsp3) is 0.261. The molecule has 1 heterocycles. The molecule has 1 aliphatic rings. The molecule has 162 valence electrons. The molecule has 0 aliphatic carbocycles. The molecule has 0 radical (unpaired) electrons. The number of rotatable bonds is 7. The van der Waals surface area contributed by atoms with Crippen molar-refractivity contribution >= 4 is 69.1 Å². The van der Waals surface area contributed by atoms with Gasteiger partial charge in [-0.3, -0.25) is 0 Å². The van der Waals surface area contributed by atoms with Crippen LogP contribution in [0.1, 0.15) is 43.4 Å². The molecular weight excluding hydrogens is 624 g/mol. The fourth-order valence-electron chi connectivity index (χ4n) is 2.84. The van der Waals surface area contributed by atoms with Crippen LogP contribution in [0.15, 0.2) is 47.1 Å². The van der Waals surface area contributed by atoms with E-state index in [-0.39, 0.29) is 12.3 Å². The van der Waals surface area contributed by atoms with Crippen LogP contribution in [0.5, 0.6) is 5.75 Å². The number of esters is 2. The van der Waals surface area contributed by atoms with E-state index >= 15 is 0 Å². The number of ether oxygens (including phenoxy) is 3. The maximum absolute atomic E-state index is 12.3. The van der Waals surface area contributed by atoms with Gasteiger partial charge in [-0.25, -0.2) is 14.6 Å². The average Bonchev–Trinajstić information content (AvgIpc) is 3.08. The monoisotopic (exact) mass is 645 g/mol. The topological polar surface area (TPSA) is 74.2 Å². The van der Waals surface area contributed by atoms with Gasteiger partial charge in [0.05, 0.1) is 13.7 Å². The summed E-state index contributed by atoms with van der Waals surface area (Å²) in [6.45, 7) is 6.15. The minimum Gasteiger partial charge on any atom is -0.480 e. The third kappa shape index (κ3) is 6.06. The van der Waals surface area contributed by atoms with E-state index in [9.17, 15) is 9.59 Å². The second-order valence-corrected chi connectivity index (χ2v) is 9.34. The summed E-state index contributed by atoms with van der Waals surface area (Å²) < 4.78 is 17.5. The molecule has 0 saturated heterocycles. The van der Waals surface area contributed by atoms with Crippen LogP contribution in [0.3, 0.4) is 0 Å². The standard InChI is InChI=1S/C23H21I2NO5/c1-4-29-20(27)12-30-21-17(24)9-14(10-18(21)25)11-19-23(28)31-22(26-19)16-7-5-15(6-8-16)13(2)3/h5-11,13H,4,12H2,1-3H3. The summed E-state index contributed by atoms with van der Waals surface area (Å²) in [6, 6.07) is 11.6. The van der Waals surface area contributed by atoms with Crippen molar-refractivity contribution in [1.82, 2.24) is 0 Å². The smallest absolute Gasteiger partial charge is 0.363 e. The molecule has 0 saturated carbocycles. The van der Waals surface area contributed by atoms with E-state index in [4.69, 9.17) is 14.2 Å². The average molecular weight is 645 g/mol. The van der Waals surface area contributed by atoms with Crippen molar-refractivity contribution in [2.24, 2.45) is 4.99 Å². The lowest BCUT2D eigenvalue weighted by molar-refractivity contribution is -0.145. The third-order valence-corrected chi connectivity index (χ3v) is 6.01. The fourth-order valence-corrected chi connectivity index (χ4v) is 4.96. The van der Waals surface area contributed by atoms with Crippen LogP contribution in [0.2, 0.25) is 0 Å². The minimum absolute atomic E-state index is 0.157. The molecule has 8 heteroatoms. The molecule has 0 aromatic heterocycles. The Morgan fingerprint density at radius 1 is 1.16 bits per heavy atom. The molecule has 3 rings (SSSR count). The van der Waals surface area contributed by atoms with Gasteiger partial charge in [-0.15, -0.1) is 0 Å². The summed E-state index contributed by atoms with van der Waals surface area (Å²) in [5.74, 6) is 0.407. The Balaban J connectivity index is 1.80. The van der Waals surface area contributed by atoms with E-state index in [0.29, 0.717) is 24.2 Å². The molecule has 2 aromatic carbocycles. The first-order valence-corrected chi connectivity index (χ1v) is 11.8. The molecule has 31 heavy (non-hydrogen) atoms. The number of carbonyl (C=O) groups is 2. The van der Waals surface area contributed by atoms with Crippen LogP contribution in [0.25, 0.3) is 6.08 Å². The molecule has 0 bridgehead atoms. The molecular formula is C23H21I2NO5. The zero-order chi connectivity index (χ0) is 22.5. The predicted molar refractivity (Wildman–Crippen MR) is 135 cm³/mol. The Kier molecular flexibility index (Phi) is 8.09. The molecule has 0 spiro atoms. The predicted octanol–water partition coefficient (Wildman–Crippen LogP) is 5.31. The van der Waals surface area contributed by atoms with Gasteiger partial charge in [-0.05, 0) is 99.5 Å². The maximum atomic E-state index is 12.3. The normalized spacial score (nSPS) is 14.6. The number of cyclic esters (lactones) is 1. The summed E-state index contributed by atoms with van der Waals surface area (Å²) >= 11 is 4.26. The van der Waals surface area contributed by atoms with Crippen LogP contribution in [0, 0.1) is 7.14 Å². The molecule has 2 aromatic rings. The van der Waals surface area contributed by atoms with Crippen molar-refractivity contribution < 1.29 is 23.8 Å². The number of halogens is 2. The zero-order valence-corrected chi connectivity index (χ0v) is 21.6. The highest BCUT2D eigenvalue weighted by Crippen LogP contribution is 2.30. The summed E-state index contributed by atoms with van der Waals surface area (Å²) in [7, 11) is 0. The van der Waals surface area contributed by atoms with E-state index in [1.165, 1.54) is 5.56 Å². The first kappa shape index (κ1) is 23.7. The molecule has 0 atom stereocenters. The van der Waals surface area contributed by atoms with Crippen molar-refractivity contribution in [2.45, 2.75) is 26.7 Å². The molecule has 0 N–H and O–H groups in total. The quantitative estimate of drug-likeness (QED) is 0.232. The molecule has 0 amide bonds. The van der Waals surface area contributed by atoms with Gasteiger partial charge in [-0.1, -0.05) is 26.0 Å². The van der Waals surface area contributed by atoms with Gasteiger partial charge in [0.2, 0.25) is 5.90 Å². The van der Waals surface area contributed by atoms with Gasteiger partial charge in [-0.2, -0.15) is 0 Å². The zero-order valence-electron chi connectivity index (χ0n) is 17.3. The molecule has 0 fully saturated rings. The number of aliphatic imine (C=N–C) groups is 1. The maximum Gasteiger partial charge on any atom is 0.363 e. The Hall–Kier alpha value is -1.95. The second-order valence-electron chi connectivity index (χ2n) is 7.02. The summed E-state index contributed by atoms with van der Waals surface area (Å²) in [5, 5.41) is 0. The number of nitrogens with zero attached hydrogens (tertiary/aromatic N) is 1. The van der Waals surface area contributed by atoms with Gasteiger partial charge < -0.3 is 14.2 Å². The van der Waals surface area contributed by atoms with Crippen LogP contribution < -0.4 is 4.74 Å². The van der Waals surface area contributed by atoms with E-state index < -0.39 is 11.9 Å². The van der Waals surface area contributed by atoms with Crippen molar-refractivity contribution in [2.75, 3.05) is 13.2 Å². The Morgan fingerprint density at radius 2 is 1.81 bits per heavy atom. The Labute approximate surface area is 208 Å². The van der Waals surface area contributed by atoms with Crippen LogP contribution >= 0.6 is 45.2 Å². The van der Waals surface area contributed by atoms with Crippen LogP contribution in [-0.2, 0) is 19.1 Å². The highest BCUT2D eigenvalue weighted by molar-refractivity contribution is 14.1. The van der Waals surface area contributed by atoms with Gasteiger partial charge in [0.15, 0.2) is 12.3 Å². The van der Waals surface area contributed by atoms with Crippen molar-refractivity contribution in [3.63, 3.8) is 0 Å². The first-order valence-electron chi connectivity index (χ1n) is 9.68. The largest absolute Gasteiger partial charge is 0.480 e. The van der Waals surface area contributed by atoms with E-state index in [0.717, 1.165) is 18.3 Å². The van der Waals surface area contributed by atoms with Gasteiger partial charge in [0.25, 0.3) is 0 Å². The van der Waals surface area contributed by atoms with Gasteiger partial charge >= 0.3 is 11.9 Å². The van der Waals surface area contributed by atoms with Crippen LogP contribution in [-0.4, -0.2) is 31.1 Å². The lowest BCUT2D eigenvalue weighted by Gasteiger charge is -2.11. The number of hydrogen-bond acceptors (Lipinski definition) is 6.